The second-order valence-corrected chi connectivity index (χ2v) is 6.96. The lowest BCUT2D eigenvalue weighted by molar-refractivity contribution is 0.272. The van der Waals surface area contributed by atoms with Crippen LogP contribution in [0.1, 0.15) is 38.9 Å². The molecule has 1 rings (SSSR count). The number of rotatable bonds is 5. The first-order valence-electron chi connectivity index (χ1n) is 5.75. The number of aromatic nitrogens is 1. The van der Waals surface area contributed by atoms with Gasteiger partial charge in [-0.1, -0.05) is 0 Å². The fourth-order valence-corrected chi connectivity index (χ4v) is 2.15. The zero-order chi connectivity index (χ0) is 13.8. The fraction of sp³-hybridized carbons (Fsp3) is 0.583. The summed E-state index contributed by atoms with van der Waals surface area (Å²) in [6, 6.07) is 2.48. The van der Waals surface area contributed by atoms with E-state index in [9.17, 15) is 8.60 Å². The van der Waals surface area contributed by atoms with Gasteiger partial charge in [-0.05, 0) is 39.3 Å². The summed E-state index contributed by atoms with van der Waals surface area (Å²) in [5.41, 5.74) is 0.572. The standard InChI is InChI=1S/C12H19FN2O2S/c1-12(2,3)18(17)15-11(6-7-16)10-5-4-9(13)8-14-10/h4-5,8,11,15-16H,6-7H2,1-3H3. The van der Waals surface area contributed by atoms with Crippen molar-refractivity contribution in [2.75, 3.05) is 6.61 Å². The normalized spacial score (nSPS) is 15.4. The molecule has 6 heteroatoms. The lowest BCUT2D eigenvalue weighted by atomic mass is 10.1. The Morgan fingerprint density at radius 2 is 2.17 bits per heavy atom. The van der Waals surface area contributed by atoms with E-state index in [4.69, 9.17) is 5.11 Å². The van der Waals surface area contributed by atoms with Crippen LogP contribution in [0.4, 0.5) is 4.39 Å². The second-order valence-electron chi connectivity index (χ2n) is 4.97. The summed E-state index contributed by atoms with van der Waals surface area (Å²) in [7, 11) is -1.27. The van der Waals surface area contributed by atoms with E-state index in [1.165, 1.54) is 12.1 Å². The Morgan fingerprint density at radius 3 is 2.61 bits per heavy atom. The molecule has 2 N–H and O–H groups in total. The van der Waals surface area contributed by atoms with Crippen LogP contribution in [0.5, 0.6) is 0 Å². The van der Waals surface area contributed by atoms with E-state index in [1.54, 1.807) is 0 Å². The van der Waals surface area contributed by atoms with Gasteiger partial charge in [0.2, 0.25) is 0 Å². The lowest BCUT2D eigenvalue weighted by Crippen LogP contribution is -2.36. The van der Waals surface area contributed by atoms with E-state index in [2.05, 4.69) is 9.71 Å². The van der Waals surface area contributed by atoms with Crippen molar-refractivity contribution in [1.82, 2.24) is 9.71 Å². The molecule has 2 unspecified atom stereocenters. The van der Waals surface area contributed by atoms with Crippen LogP contribution in [0.25, 0.3) is 0 Å². The van der Waals surface area contributed by atoms with Gasteiger partial charge in [0.25, 0.3) is 0 Å². The minimum absolute atomic E-state index is 0.0575. The third-order valence-electron chi connectivity index (χ3n) is 2.33. The van der Waals surface area contributed by atoms with Crippen LogP contribution < -0.4 is 4.72 Å². The van der Waals surface area contributed by atoms with Gasteiger partial charge in [-0.3, -0.25) is 4.98 Å². The summed E-state index contributed by atoms with van der Waals surface area (Å²) in [6.07, 6.45) is 1.49. The maximum atomic E-state index is 12.8. The molecule has 0 amide bonds. The number of hydrogen-bond acceptors (Lipinski definition) is 3. The Bertz CT molecular complexity index is 404. The molecular weight excluding hydrogens is 255 g/mol. The molecule has 0 aliphatic heterocycles. The molecule has 1 heterocycles. The zero-order valence-corrected chi connectivity index (χ0v) is 11.6. The smallest absolute Gasteiger partial charge is 0.141 e. The Morgan fingerprint density at radius 1 is 1.50 bits per heavy atom. The summed E-state index contributed by atoms with van der Waals surface area (Å²) in [6.45, 7) is 5.50. The molecule has 0 saturated heterocycles. The van der Waals surface area contributed by atoms with E-state index in [0.717, 1.165) is 6.20 Å². The summed E-state index contributed by atoms with van der Waals surface area (Å²) >= 11 is 0. The van der Waals surface area contributed by atoms with E-state index < -0.39 is 21.5 Å². The molecular formula is C12H19FN2O2S. The number of pyridine rings is 1. The van der Waals surface area contributed by atoms with Crippen molar-refractivity contribution in [3.8, 4) is 0 Å². The van der Waals surface area contributed by atoms with Crippen molar-refractivity contribution < 1.29 is 13.7 Å². The minimum atomic E-state index is -1.27. The quantitative estimate of drug-likeness (QED) is 0.859. The molecule has 102 valence electrons. The van der Waals surface area contributed by atoms with Crippen molar-refractivity contribution in [2.45, 2.75) is 38.0 Å². The summed E-state index contributed by atoms with van der Waals surface area (Å²) in [5, 5.41) is 9.03. The minimum Gasteiger partial charge on any atom is -0.396 e. The van der Waals surface area contributed by atoms with E-state index in [-0.39, 0.29) is 12.6 Å². The van der Waals surface area contributed by atoms with Crippen LogP contribution in [-0.4, -0.2) is 25.7 Å². The van der Waals surface area contributed by atoms with Crippen molar-refractivity contribution in [1.29, 1.82) is 0 Å². The molecule has 4 nitrogen and oxygen atoms in total. The Labute approximate surface area is 109 Å². The van der Waals surface area contributed by atoms with Gasteiger partial charge in [0.05, 0.1) is 33.7 Å². The van der Waals surface area contributed by atoms with E-state index >= 15 is 0 Å². The zero-order valence-electron chi connectivity index (χ0n) is 10.8. The molecule has 1 aromatic rings. The van der Waals surface area contributed by atoms with Crippen LogP contribution in [-0.2, 0) is 11.0 Å². The largest absolute Gasteiger partial charge is 0.396 e. The number of nitrogens with one attached hydrogen (secondary N) is 1. The number of nitrogens with zero attached hydrogens (tertiary/aromatic N) is 1. The van der Waals surface area contributed by atoms with Gasteiger partial charge in [0.1, 0.15) is 5.82 Å². The monoisotopic (exact) mass is 274 g/mol. The molecule has 0 aromatic carbocycles. The lowest BCUT2D eigenvalue weighted by Gasteiger charge is -2.23. The van der Waals surface area contributed by atoms with Gasteiger partial charge in [-0.25, -0.2) is 13.3 Å². The Hall–Kier alpha value is -0.850. The highest BCUT2D eigenvalue weighted by molar-refractivity contribution is 7.84. The predicted molar refractivity (Wildman–Crippen MR) is 69.7 cm³/mol. The van der Waals surface area contributed by atoms with Crippen LogP contribution >= 0.6 is 0 Å². The molecule has 0 fully saturated rings. The Balaban J connectivity index is 2.83. The maximum Gasteiger partial charge on any atom is 0.141 e. The topological polar surface area (TPSA) is 62.2 Å². The third kappa shape index (κ3) is 4.44. The highest BCUT2D eigenvalue weighted by Gasteiger charge is 2.24. The van der Waals surface area contributed by atoms with Crippen LogP contribution in [0.15, 0.2) is 18.3 Å². The maximum absolute atomic E-state index is 12.8. The molecule has 1 aromatic heterocycles. The molecule has 18 heavy (non-hydrogen) atoms. The van der Waals surface area contributed by atoms with Crippen molar-refractivity contribution in [3.05, 3.63) is 29.8 Å². The molecule has 0 radical (unpaired) electrons. The third-order valence-corrected chi connectivity index (χ3v) is 3.94. The first kappa shape index (κ1) is 15.2. The average molecular weight is 274 g/mol. The summed E-state index contributed by atoms with van der Waals surface area (Å²) < 4.78 is 27.3. The highest BCUT2D eigenvalue weighted by atomic mass is 32.2. The van der Waals surface area contributed by atoms with Crippen LogP contribution in [0.3, 0.4) is 0 Å². The molecule has 2 atom stereocenters. The fourth-order valence-electron chi connectivity index (χ4n) is 1.30. The SMILES string of the molecule is CC(C)(C)S(=O)NC(CCO)c1ccc(F)cn1. The number of hydrogen-bond donors (Lipinski definition) is 2. The Kier molecular flexibility index (Phi) is 5.37. The average Bonchev–Trinajstić information content (AvgIpc) is 2.28. The first-order valence-corrected chi connectivity index (χ1v) is 6.90. The van der Waals surface area contributed by atoms with E-state index in [1.807, 2.05) is 20.8 Å². The van der Waals surface area contributed by atoms with Gasteiger partial charge < -0.3 is 5.11 Å². The van der Waals surface area contributed by atoms with Crippen LogP contribution in [0, 0.1) is 5.82 Å². The van der Waals surface area contributed by atoms with Crippen LogP contribution in [0.2, 0.25) is 0 Å². The number of aliphatic hydroxyl groups excluding tert-OH is 1. The molecule has 0 aliphatic rings. The summed E-state index contributed by atoms with van der Waals surface area (Å²) in [5.74, 6) is -0.418. The van der Waals surface area contributed by atoms with E-state index in [0.29, 0.717) is 12.1 Å². The van der Waals surface area contributed by atoms with Gasteiger partial charge in [-0.2, -0.15) is 0 Å². The molecule has 0 spiro atoms. The predicted octanol–water partition coefficient (Wildman–Crippen LogP) is 1.70. The second kappa shape index (κ2) is 6.36. The first-order chi connectivity index (χ1) is 8.34. The van der Waals surface area contributed by atoms with Gasteiger partial charge in [0, 0.05) is 6.61 Å². The highest BCUT2D eigenvalue weighted by Crippen LogP contribution is 2.18. The van der Waals surface area contributed by atoms with Gasteiger partial charge in [-0.15, -0.1) is 0 Å². The number of halogens is 1. The molecule has 0 aliphatic carbocycles. The van der Waals surface area contributed by atoms with Gasteiger partial charge in [0.15, 0.2) is 0 Å². The van der Waals surface area contributed by atoms with Crippen molar-refractivity contribution >= 4 is 11.0 Å². The summed E-state index contributed by atoms with van der Waals surface area (Å²) in [4.78, 5) is 3.95. The number of aliphatic hydroxyl groups is 1. The van der Waals surface area contributed by atoms with Crippen molar-refractivity contribution in [3.63, 3.8) is 0 Å². The van der Waals surface area contributed by atoms with Crippen molar-refractivity contribution in [2.24, 2.45) is 0 Å². The molecule has 0 bridgehead atoms. The molecule has 0 saturated carbocycles. The van der Waals surface area contributed by atoms with Gasteiger partial charge >= 0.3 is 0 Å².